The molecule has 3 aromatic carbocycles. The van der Waals surface area contributed by atoms with Gasteiger partial charge in [-0.2, -0.15) is 0 Å². The molecule has 0 saturated carbocycles. The Morgan fingerprint density at radius 2 is 1.60 bits per heavy atom. The minimum absolute atomic E-state index is 0.200. The third kappa shape index (κ3) is 3.81. The first-order valence-electron chi connectivity index (χ1n) is 9.64. The predicted molar refractivity (Wildman–Crippen MR) is 123 cm³/mol. The first kappa shape index (κ1) is 20.1. The van der Waals surface area contributed by atoms with Crippen LogP contribution in [0, 0.1) is 0 Å². The lowest BCUT2D eigenvalue weighted by atomic mass is 9.96. The van der Waals surface area contributed by atoms with Crippen LogP contribution in [0.15, 0.2) is 88.1 Å². The zero-order valence-corrected chi connectivity index (χ0v) is 18.1. The summed E-state index contributed by atoms with van der Waals surface area (Å²) < 4.78 is 7.51. The summed E-state index contributed by atoms with van der Waals surface area (Å²) >= 11 is 3.50. The van der Waals surface area contributed by atoms with Gasteiger partial charge in [0.05, 0.1) is 7.11 Å². The smallest absolute Gasteiger partial charge is 0.355 e. The number of esters is 1. The van der Waals surface area contributed by atoms with Crippen LogP contribution in [0.2, 0.25) is 0 Å². The maximum atomic E-state index is 13.4. The number of aryl methyl sites for hydroxylation is 1. The fourth-order valence-electron chi connectivity index (χ4n) is 3.72. The van der Waals surface area contributed by atoms with Gasteiger partial charge < -0.3 is 9.30 Å². The summed E-state index contributed by atoms with van der Waals surface area (Å²) in [5.74, 6) is -0.527. The quantitative estimate of drug-likeness (QED) is 0.370. The average molecular weight is 462 g/mol. The molecule has 0 aliphatic carbocycles. The van der Waals surface area contributed by atoms with Crippen molar-refractivity contribution in [3.05, 3.63) is 105 Å². The van der Waals surface area contributed by atoms with Crippen molar-refractivity contribution in [3.8, 4) is 11.1 Å². The number of hydrogen-bond acceptors (Lipinski definition) is 3. The number of rotatable bonds is 5. The van der Waals surface area contributed by atoms with E-state index in [0.717, 1.165) is 21.0 Å². The number of halogens is 1. The zero-order valence-electron chi connectivity index (χ0n) is 16.5. The highest BCUT2D eigenvalue weighted by Crippen LogP contribution is 2.33. The molecule has 0 fully saturated rings. The number of hydrogen-bond donors (Lipinski definition) is 0. The van der Waals surface area contributed by atoms with Crippen molar-refractivity contribution >= 4 is 32.7 Å². The maximum absolute atomic E-state index is 13.4. The Bertz CT molecular complexity index is 1260. The summed E-state index contributed by atoms with van der Waals surface area (Å²) in [6, 6.07) is 25.1. The van der Waals surface area contributed by atoms with Gasteiger partial charge in [-0.1, -0.05) is 76.6 Å². The topological polar surface area (TPSA) is 48.3 Å². The van der Waals surface area contributed by atoms with Crippen LogP contribution in [0.3, 0.4) is 0 Å². The Balaban J connectivity index is 2.02. The third-order valence-corrected chi connectivity index (χ3v) is 5.63. The predicted octanol–water partition coefficient (Wildman–Crippen LogP) is 5.46. The molecule has 4 nitrogen and oxygen atoms in total. The number of methoxy groups -OCH3 is 1. The van der Waals surface area contributed by atoms with Gasteiger partial charge >= 0.3 is 5.97 Å². The second-order valence-electron chi connectivity index (χ2n) is 6.96. The molecule has 1 aromatic heterocycles. The molecule has 4 aromatic rings. The molecule has 1 heterocycles. The molecule has 0 unspecified atom stereocenters. The number of pyridine rings is 1. The molecule has 5 heteroatoms. The van der Waals surface area contributed by atoms with Crippen molar-refractivity contribution in [1.82, 2.24) is 4.57 Å². The summed E-state index contributed by atoms with van der Waals surface area (Å²) in [4.78, 5) is 26.4. The summed E-state index contributed by atoms with van der Waals surface area (Å²) in [6.07, 6.45) is 0.626. The van der Waals surface area contributed by atoms with Crippen molar-refractivity contribution in [2.24, 2.45) is 0 Å². The minimum Gasteiger partial charge on any atom is -0.464 e. The monoisotopic (exact) mass is 461 g/mol. The van der Waals surface area contributed by atoms with Gasteiger partial charge in [0.1, 0.15) is 5.69 Å². The second kappa shape index (κ2) is 8.67. The molecule has 30 heavy (non-hydrogen) atoms. The molecule has 0 atom stereocenters. The maximum Gasteiger partial charge on any atom is 0.355 e. The molecule has 0 aliphatic heterocycles. The summed E-state index contributed by atoms with van der Waals surface area (Å²) in [7, 11) is 1.34. The van der Waals surface area contributed by atoms with Gasteiger partial charge in [-0.05, 0) is 41.1 Å². The highest BCUT2D eigenvalue weighted by molar-refractivity contribution is 9.10. The van der Waals surface area contributed by atoms with Crippen molar-refractivity contribution in [3.63, 3.8) is 0 Å². The number of benzene rings is 3. The zero-order chi connectivity index (χ0) is 21.1. The van der Waals surface area contributed by atoms with Gasteiger partial charge in [-0.25, -0.2) is 4.79 Å². The molecule has 0 aliphatic rings. The third-order valence-electron chi connectivity index (χ3n) is 5.14. The second-order valence-corrected chi connectivity index (χ2v) is 7.88. The SMILES string of the molecule is COC(=O)c1c(-c2ccccc2)c2cc(Br)ccc2c(=O)n1CCc1ccccc1. The summed E-state index contributed by atoms with van der Waals surface area (Å²) in [6.45, 7) is 0.374. The van der Waals surface area contributed by atoms with E-state index in [2.05, 4.69) is 15.9 Å². The largest absolute Gasteiger partial charge is 0.464 e. The number of ether oxygens (including phenoxy) is 1. The lowest BCUT2D eigenvalue weighted by molar-refractivity contribution is 0.0588. The fourth-order valence-corrected chi connectivity index (χ4v) is 4.09. The molecule has 0 bridgehead atoms. The summed E-state index contributed by atoms with van der Waals surface area (Å²) in [5.41, 5.74) is 2.72. The van der Waals surface area contributed by atoms with Crippen LogP contribution in [0.5, 0.6) is 0 Å². The van der Waals surface area contributed by atoms with E-state index in [1.165, 1.54) is 7.11 Å². The standard InChI is InChI=1S/C25H20BrNO3/c1-30-25(29)23-22(18-10-6-3-7-11-18)21-16-19(26)12-13-20(21)24(28)27(23)15-14-17-8-4-2-5-9-17/h2-13,16H,14-15H2,1H3. The van der Waals surface area contributed by atoms with E-state index in [1.807, 2.05) is 72.8 Å². The van der Waals surface area contributed by atoms with Gasteiger partial charge in [-0.3, -0.25) is 4.79 Å². The molecule has 0 spiro atoms. The molecule has 4 rings (SSSR count). The van der Waals surface area contributed by atoms with Crippen molar-refractivity contribution in [1.29, 1.82) is 0 Å². The van der Waals surface area contributed by atoms with Crippen LogP contribution >= 0.6 is 15.9 Å². The van der Waals surface area contributed by atoms with Crippen LogP contribution in [-0.4, -0.2) is 17.6 Å². The molecule has 0 N–H and O–H groups in total. The lowest BCUT2D eigenvalue weighted by Gasteiger charge is -2.19. The van der Waals surface area contributed by atoms with E-state index in [4.69, 9.17) is 4.74 Å². The highest BCUT2D eigenvalue weighted by atomic mass is 79.9. The van der Waals surface area contributed by atoms with Crippen LogP contribution < -0.4 is 5.56 Å². The molecular weight excluding hydrogens is 442 g/mol. The number of fused-ring (bicyclic) bond motifs is 1. The van der Waals surface area contributed by atoms with Gasteiger partial charge in [-0.15, -0.1) is 0 Å². The normalized spacial score (nSPS) is 10.9. The molecule has 0 amide bonds. The first-order chi connectivity index (χ1) is 14.6. The van der Waals surface area contributed by atoms with Crippen LogP contribution in [-0.2, 0) is 17.7 Å². The number of nitrogens with zero attached hydrogens (tertiary/aromatic N) is 1. The average Bonchev–Trinajstić information content (AvgIpc) is 2.78. The molecular formula is C25H20BrNO3. The van der Waals surface area contributed by atoms with Crippen molar-refractivity contribution in [2.75, 3.05) is 7.11 Å². The van der Waals surface area contributed by atoms with Crippen LogP contribution in [0.1, 0.15) is 16.1 Å². The van der Waals surface area contributed by atoms with Crippen LogP contribution in [0.25, 0.3) is 21.9 Å². The first-order valence-corrected chi connectivity index (χ1v) is 10.4. The Kier molecular flexibility index (Phi) is 5.81. The van der Waals surface area contributed by atoms with E-state index in [0.29, 0.717) is 23.9 Å². The Morgan fingerprint density at radius 1 is 0.933 bits per heavy atom. The Hall–Kier alpha value is -3.18. The van der Waals surface area contributed by atoms with Gasteiger partial charge in [0.15, 0.2) is 0 Å². The Labute approximate surface area is 182 Å². The van der Waals surface area contributed by atoms with Crippen molar-refractivity contribution < 1.29 is 9.53 Å². The van der Waals surface area contributed by atoms with Crippen molar-refractivity contribution in [2.45, 2.75) is 13.0 Å². The van der Waals surface area contributed by atoms with Gasteiger partial charge in [0, 0.05) is 22.0 Å². The lowest BCUT2D eigenvalue weighted by Crippen LogP contribution is -2.29. The van der Waals surface area contributed by atoms with Gasteiger partial charge in [0.25, 0.3) is 5.56 Å². The molecule has 150 valence electrons. The fraction of sp³-hybridized carbons (Fsp3) is 0.120. The van der Waals surface area contributed by atoms with Crippen LogP contribution in [0.4, 0.5) is 0 Å². The van der Waals surface area contributed by atoms with E-state index in [-0.39, 0.29) is 11.3 Å². The minimum atomic E-state index is -0.527. The van der Waals surface area contributed by atoms with E-state index < -0.39 is 5.97 Å². The molecule has 0 radical (unpaired) electrons. The highest BCUT2D eigenvalue weighted by Gasteiger charge is 2.24. The molecule has 0 saturated heterocycles. The number of aromatic nitrogens is 1. The number of carbonyl (C=O) groups is 1. The number of carbonyl (C=O) groups excluding carboxylic acids is 1. The van der Waals surface area contributed by atoms with E-state index in [9.17, 15) is 9.59 Å². The summed E-state index contributed by atoms with van der Waals surface area (Å²) in [5, 5.41) is 1.29. The Morgan fingerprint density at radius 3 is 2.27 bits per heavy atom. The van der Waals surface area contributed by atoms with E-state index in [1.54, 1.807) is 10.6 Å². The van der Waals surface area contributed by atoms with Gasteiger partial charge in [0.2, 0.25) is 0 Å². The van der Waals surface area contributed by atoms with E-state index >= 15 is 0 Å².